The highest BCUT2D eigenvalue weighted by molar-refractivity contribution is 7.80. The van der Waals surface area contributed by atoms with Gasteiger partial charge in [-0.2, -0.15) is 10.1 Å². The first kappa shape index (κ1) is 13.1. The highest BCUT2D eigenvalue weighted by Gasteiger charge is 2.05. The quantitative estimate of drug-likeness (QED) is 0.362. The topological polar surface area (TPSA) is 111 Å². The summed E-state index contributed by atoms with van der Waals surface area (Å²) >= 11 is 5.12. The summed E-state index contributed by atoms with van der Waals surface area (Å²) in [6.45, 7) is 0. The molecule has 21 heavy (non-hydrogen) atoms. The molecule has 0 atom stereocenters. The number of nitrogens with zero attached hydrogens (tertiary/aromatic N) is 2. The zero-order valence-electron chi connectivity index (χ0n) is 10.7. The molecule has 0 aliphatic carbocycles. The molecule has 0 aliphatic rings. The van der Waals surface area contributed by atoms with Crippen molar-refractivity contribution in [2.45, 2.75) is 0 Å². The van der Waals surface area contributed by atoms with Gasteiger partial charge in [0.15, 0.2) is 10.8 Å². The summed E-state index contributed by atoms with van der Waals surface area (Å²) in [5.41, 5.74) is 6.41. The van der Waals surface area contributed by atoms with Crippen LogP contribution in [-0.4, -0.2) is 25.3 Å². The van der Waals surface area contributed by atoms with Crippen molar-refractivity contribution in [3.63, 3.8) is 0 Å². The van der Waals surface area contributed by atoms with Crippen molar-refractivity contribution in [1.29, 1.82) is 0 Å². The predicted molar refractivity (Wildman–Crippen MR) is 83.9 cm³/mol. The zero-order valence-corrected chi connectivity index (χ0v) is 11.5. The van der Waals surface area contributed by atoms with E-state index in [0.717, 1.165) is 5.69 Å². The van der Waals surface area contributed by atoms with Crippen LogP contribution in [0.4, 0.5) is 11.6 Å². The Kier molecular flexibility index (Phi) is 3.48. The normalized spacial score (nSPS) is 10.3. The number of thiocarbonyl (C=S) groups is 1. The van der Waals surface area contributed by atoms with E-state index in [2.05, 4.69) is 36.3 Å². The van der Waals surface area contributed by atoms with Crippen molar-refractivity contribution in [3.8, 4) is 0 Å². The Morgan fingerprint density at radius 1 is 1.24 bits per heavy atom. The number of nitrogens with one attached hydrogen (secondary N) is 5. The molecular weight excluding hydrogens is 290 g/mol. The highest BCUT2D eigenvalue weighted by atomic mass is 32.1. The summed E-state index contributed by atoms with van der Waals surface area (Å²) in [7, 11) is 0. The average Bonchev–Trinajstić information content (AvgIpc) is 2.95. The number of aromatic nitrogens is 4. The zero-order chi connectivity index (χ0) is 14.7. The number of benzene rings is 1. The Hall–Kier alpha value is -2.94. The van der Waals surface area contributed by atoms with Crippen LogP contribution in [0, 0.1) is 0 Å². The van der Waals surface area contributed by atoms with E-state index in [-0.39, 0.29) is 11.5 Å². The van der Waals surface area contributed by atoms with E-state index in [1.54, 1.807) is 0 Å². The molecular formula is C12H11N7OS. The number of rotatable bonds is 3. The van der Waals surface area contributed by atoms with Gasteiger partial charge in [0, 0.05) is 5.69 Å². The van der Waals surface area contributed by atoms with Gasteiger partial charge in [-0.05, 0) is 24.4 Å². The summed E-state index contributed by atoms with van der Waals surface area (Å²) in [6.07, 6.45) is 1.42. The van der Waals surface area contributed by atoms with E-state index in [4.69, 9.17) is 12.2 Å². The number of aromatic amines is 2. The maximum Gasteiger partial charge on any atom is 0.263 e. The molecule has 106 valence electrons. The molecule has 2 heterocycles. The van der Waals surface area contributed by atoms with Gasteiger partial charge in [-0.25, -0.2) is 0 Å². The van der Waals surface area contributed by atoms with Gasteiger partial charge in [0.05, 0.1) is 6.20 Å². The van der Waals surface area contributed by atoms with Gasteiger partial charge in [0.25, 0.3) is 5.56 Å². The van der Waals surface area contributed by atoms with Crippen molar-refractivity contribution in [3.05, 3.63) is 46.9 Å². The minimum absolute atomic E-state index is 0.231. The van der Waals surface area contributed by atoms with Gasteiger partial charge >= 0.3 is 0 Å². The molecule has 2 aromatic heterocycles. The number of H-pyrrole nitrogens is 2. The molecule has 0 saturated heterocycles. The fourth-order valence-corrected chi connectivity index (χ4v) is 1.87. The van der Waals surface area contributed by atoms with Crippen LogP contribution in [-0.2, 0) is 0 Å². The summed E-state index contributed by atoms with van der Waals surface area (Å²) in [5.74, 6) is 0.231. The number of fused-ring (bicyclic) bond motifs is 1. The minimum atomic E-state index is -0.292. The Balaban J connectivity index is 1.66. The highest BCUT2D eigenvalue weighted by Crippen LogP contribution is 2.05. The van der Waals surface area contributed by atoms with E-state index in [0.29, 0.717) is 16.1 Å². The van der Waals surface area contributed by atoms with E-state index >= 15 is 0 Å². The number of para-hydroxylation sites is 1. The number of anilines is 2. The van der Waals surface area contributed by atoms with Crippen LogP contribution in [0.2, 0.25) is 0 Å². The second-order valence-corrected chi connectivity index (χ2v) is 4.53. The van der Waals surface area contributed by atoms with E-state index in [1.165, 1.54) is 6.20 Å². The van der Waals surface area contributed by atoms with Gasteiger partial charge in [-0.1, -0.05) is 18.2 Å². The van der Waals surface area contributed by atoms with Crippen molar-refractivity contribution >= 4 is 40.0 Å². The molecule has 0 spiro atoms. The Morgan fingerprint density at radius 2 is 2.05 bits per heavy atom. The van der Waals surface area contributed by atoms with Crippen molar-refractivity contribution in [2.24, 2.45) is 0 Å². The smallest absolute Gasteiger partial charge is 0.263 e. The number of hydrogen-bond acceptors (Lipinski definition) is 5. The Bertz CT molecular complexity index is 826. The van der Waals surface area contributed by atoms with Crippen LogP contribution in [0.3, 0.4) is 0 Å². The SMILES string of the molecule is O=c1[nH]c(NNC(=S)Nc2ccccc2)nc2[nH]ncc12. The molecule has 0 radical (unpaired) electrons. The first-order chi connectivity index (χ1) is 10.2. The fourth-order valence-electron chi connectivity index (χ4n) is 1.70. The second kappa shape index (κ2) is 5.59. The standard InChI is InChI=1S/C12H11N7OS/c20-10-8-6-13-17-9(8)15-11(16-10)18-19-12(21)14-7-4-2-1-3-5-7/h1-6H,(H2,14,19,21)(H3,13,15,16,17,18,20). The van der Waals surface area contributed by atoms with Crippen LogP contribution in [0.25, 0.3) is 11.0 Å². The van der Waals surface area contributed by atoms with E-state index < -0.39 is 0 Å². The van der Waals surface area contributed by atoms with Gasteiger partial charge in [0.1, 0.15) is 5.39 Å². The van der Waals surface area contributed by atoms with Crippen LogP contribution in [0.1, 0.15) is 0 Å². The fraction of sp³-hybridized carbons (Fsp3) is 0. The second-order valence-electron chi connectivity index (χ2n) is 4.12. The third-order valence-corrected chi connectivity index (χ3v) is 2.85. The monoisotopic (exact) mass is 301 g/mol. The largest absolute Gasteiger partial charge is 0.331 e. The predicted octanol–water partition coefficient (Wildman–Crippen LogP) is 0.960. The van der Waals surface area contributed by atoms with Gasteiger partial charge in [-0.15, -0.1) is 0 Å². The lowest BCUT2D eigenvalue weighted by Gasteiger charge is -2.11. The molecule has 1 aromatic carbocycles. The summed E-state index contributed by atoms with van der Waals surface area (Å²) in [5, 5.41) is 10.1. The molecule has 3 rings (SSSR count). The van der Waals surface area contributed by atoms with Crippen molar-refractivity contribution in [1.82, 2.24) is 25.6 Å². The number of hydrogen-bond donors (Lipinski definition) is 5. The molecule has 0 amide bonds. The molecule has 0 saturated carbocycles. The molecule has 8 nitrogen and oxygen atoms in total. The van der Waals surface area contributed by atoms with Gasteiger partial charge in [-0.3, -0.25) is 25.7 Å². The molecule has 0 bridgehead atoms. The van der Waals surface area contributed by atoms with Crippen molar-refractivity contribution in [2.75, 3.05) is 10.7 Å². The molecule has 5 N–H and O–H groups in total. The van der Waals surface area contributed by atoms with E-state index in [1.807, 2.05) is 30.3 Å². The Labute approximate surface area is 124 Å². The first-order valence-electron chi connectivity index (χ1n) is 6.04. The van der Waals surface area contributed by atoms with E-state index in [9.17, 15) is 4.79 Å². The van der Waals surface area contributed by atoms with Crippen LogP contribution < -0.4 is 21.7 Å². The third-order valence-electron chi connectivity index (χ3n) is 2.65. The van der Waals surface area contributed by atoms with Gasteiger partial charge in [0.2, 0.25) is 5.95 Å². The summed E-state index contributed by atoms with van der Waals surface area (Å²) in [6, 6.07) is 9.46. The van der Waals surface area contributed by atoms with Crippen molar-refractivity contribution < 1.29 is 0 Å². The van der Waals surface area contributed by atoms with Crippen LogP contribution in [0.5, 0.6) is 0 Å². The third kappa shape index (κ3) is 2.98. The maximum atomic E-state index is 11.7. The average molecular weight is 301 g/mol. The lowest BCUT2D eigenvalue weighted by Crippen LogP contribution is -2.34. The minimum Gasteiger partial charge on any atom is -0.331 e. The van der Waals surface area contributed by atoms with Crippen LogP contribution in [0.15, 0.2) is 41.3 Å². The van der Waals surface area contributed by atoms with Gasteiger partial charge < -0.3 is 5.32 Å². The summed E-state index contributed by atoms with van der Waals surface area (Å²) < 4.78 is 0. The number of hydrazine groups is 1. The molecule has 0 aliphatic heterocycles. The first-order valence-corrected chi connectivity index (χ1v) is 6.44. The lowest BCUT2D eigenvalue weighted by molar-refractivity contribution is 1.03. The molecule has 3 aromatic rings. The summed E-state index contributed by atoms with van der Waals surface area (Å²) in [4.78, 5) is 18.4. The lowest BCUT2D eigenvalue weighted by atomic mass is 10.3. The Morgan fingerprint density at radius 3 is 2.86 bits per heavy atom. The molecule has 0 unspecified atom stereocenters. The molecule has 9 heteroatoms. The maximum absolute atomic E-state index is 11.7. The molecule has 0 fully saturated rings. The van der Waals surface area contributed by atoms with Crippen LogP contribution >= 0.6 is 12.2 Å².